The summed E-state index contributed by atoms with van der Waals surface area (Å²) in [5.74, 6) is 1.92. The van der Waals surface area contributed by atoms with Crippen molar-refractivity contribution in [2.45, 2.75) is 0 Å². The highest BCUT2D eigenvalue weighted by Crippen LogP contribution is 2.36. The zero-order chi connectivity index (χ0) is 31.9. The SMILES string of the molecule is c1ccc(-c2nc(-c3ccccc3)nc(-c3cccc(-c4cccc(-c5cc6cc7ccccc7nc6c6ncccc56)c4)c3)n2)cc1. The fourth-order valence-electron chi connectivity index (χ4n) is 6.36. The molecule has 9 rings (SSSR count). The summed E-state index contributed by atoms with van der Waals surface area (Å²) in [6.45, 7) is 0. The molecule has 224 valence electrons. The van der Waals surface area contributed by atoms with Gasteiger partial charge in [-0.25, -0.2) is 19.9 Å². The van der Waals surface area contributed by atoms with E-state index in [1.807, 2.05) is 79.0 Å². The number of nitrogens with zero attached hydrogens (tertiary/aromatic N) is 5. The Kier molecular flexibility index (Phi) is 6.72. The van der Waals surface area contributed by atoms with Crippen molar-refractivity contribution in [3.63, 3.8) is 0 Å². The molecule has 5 nitrogen and oxygen atoms in total. The molecule has 3 heterocycles. The van der Waals surface area contributed by atoms with Crippen molar-refractivity contribution < 1.29 is 0 Å². The van der Waals surface area contributed by atoms with Crippen LogP contribution in [-0.4, -0.2) is 24.9 Å². The summed E-state index contributed by atoms with van der Waals surface area (Å²) in [5.41, 5.74) is 10.0. The third kappa shape index (κ3) is 5.04. The lowest BCUT2D eigenvalue weighted by atomic mass is 9.94. The minimum atomic E-state index is 0.632. The molecular weight excluding hydrogens is 587 g/mol. The van der Waals surface area contributed by atoms with E-state index in [-0.39, 0.29) is 0 Å². The maximum absolute atomic E-state index is 5.02. The molecule has 9 aromatic rings. The zero-order valence-corrected chi connectivity index (χ0v) is 25.8. The molecule has 0 aliphatic heterocycles. The Labute approximate surface area is 277 Å². The van der Waals surface area contributed by atoms with E-state index in [4.69, 9.17) is 24.9 Å². The topological polar surface area (TPSA) is 64.5 Å². The molecular formula is C43H27N5. The molecule has 0 unspecified atom stereocenters. The lowest BCUT2D eigenvalue weighted by Crippen LogP contribution is -2.00. The molecule has 0 spiro atoms. The molecule has 0 fully saturated rings. The third-order valence-electron chi connectivity index (χ3n) is 8.70. The van der Waals surface area contributed by atoms with Crippen LogP contribution in [0.1, 0.15) is 0 Å². The van der Waals surface area contributed by atoms with Gasteiger partial charge in [-0.1, -0.05) is 121 Å². The zero-order valence-electron chi connectivity index (χ0n) is 25.8. The minimum absolute atomic E-state index is 0.632. The van der Waals surface area contributed by atoms with Gasteiger partial charge in [0.05, 0.1) is 16.6 Å². The fourth-order valence-corrected chi connectivity index (χ4v) is 6.36. The first-order chi connectivity index (χ1) is 23.8. The van der Waals surface area contributed by atoms with Crippen LogP contribution in [0.4, 0.5) is 0 Å². The van der Waals surface area contributed by atoms with Crippen molar-refractivity contribution in [2.75, 3.05) is 0 Å². The summed E-state index contributed by atoms with van der Waals surface area (Å²) in [6.07, 6.45) is 1.85. The van der Waals surface area contributed by atoms with E-state index in [0.29, 0.717) is 17.5 Å². The Balaban J connectivity index is 1.16. The van der Waals surface area contributed by atoms with E-state index in [9.17, 15) is 0 Å². The third-order valence-corrected chi connectivity index (χ3v) is 8.70. The predicted molar refractivity (Wildman–Crippen MR) is 195 cm³/mol. The highest BCUT2D eigenvalue weighted by Gasteiger charge is 2.15. The highest BCUT2D eigenvalue weighted by atomic mass is 15.0. The molecule has 0 saturated heterocycles. The van der Waals surface area contributed by atoms with Crippen molar-refractivity contribution in [1.82, 2.24) is 24.9 Å². The molecule has 0 aliphatic rings. The fraction of sp³-hybridized carbons (Fsp3) is 0. The van der Waals surface area contributed by atoms with Gasteiger partial charge in [-0.3, -0.25) is 4.98 Å². The Morgan fingerprint density at radius 2 is 0.896 bits per heavy atom. The number of fused-ring (bicyclic) bond motifs is 4. The summed E-state index contributed by atoms with van der Waals surface area (Å²) >= 11 is 0. The molecule has 6 aromatic carbocycles. The lowest BCUT2D eigenvalue weighted by Gasteiger charge is -2.13. The first-order valence-corrected chi connectivity index (χ1v) is 15.9. The van der Waals surface area contributed by atoms with Crippen LogP contribution in [-0.2, 0) is 0 Å². The van der Waals surface area contributed by atoms with Gasteiger partial charge in [0.25, 0.3) is 0 Å². The summed E-state index contributed by atoms with van der Waals surface area (Å²) < 4.78 is 0. The molecule has 0 aliphatic carbocycles. The van der Waals surface area contributed by atoms with Gasteiger partial charge >= 0.3 is 0 Å². The molecule has 0 N–H and O–H groups in total. The molecule has 0 saturated carbocycles. The molecule has 3 aromatic heterocycles. The molecule has 0 atom stereocenters. The van der Waals surface area contributed by atoms with E-state index in [1.54, 1.807) is 0 Å². The Bertz CT molecular complexity index is 2560. The molecule has 0 radical (unpaired) electrons. The lowest BCUT2D eigenvalue weighted by molar-refractivity contribution is 1.07. The minimum Gasteiger partial charge on any atom is -0.254 e. The van der Waals surface area contributed by atoms with Gasteiger partial charge < -0.3 is 0 Å². The Morgan fingerprint density at radius 1 is 0.333 bits per heavy atom. The van der Waals surface area contributed by atoms with Gasteiger partial charge in [0.1, 0.15) is 0 Å². The van der Waals surface area contributed by atoms with Crippen molar-refractivity contribution >= 4 is 32.7 Å². The molecule has 0 amide bonds. The number of benzene rings is 6. The van der Waals surface area contributed by atoms with Crippen molar-refractivity contribution in [1.29, 1.82) is 0 Å². The van der Waals surface area contributed by atoms with Crippen LogP contribution in [0.15, 0.2) is 164 Å². The maximum atomic E-state index is 5.02. The van der Waals surface area contributed by atoms with Gasteiger partial charge in [-0.2, -0.15) is 0 Å². The van der Waals surface area contributed by atoms with Gasteiger partial charge in [0.2, 0.25) is 0 Å². The van der Waals surface area contributed by atoms with Crippen molar-refractivity contribution in [3.05, 3.63) is 164 Å². The van der Waals surface area contributed by atoms with E-state index in [1.165, 1.54) is 0 Å². The Morgan fingerprint density at radius 3 is 1.60 bits per heavy atom. The quantitative estimate of drug-likeness (QED) is 0.143. The monoisotopic (exact) mass is 613 g/mol. The molecule has 48 heavy (non-hydrogen) atoms. The van der Waals surface area contributed by atoms with Gasteiger partial charge in [-0.15, -0.1) is 0 Å². The van der Waals surface area contributed by atoms with Gasteiger partial charge in [-0.05, 0) is 58.7 Å². The summed E-state index contributed by atoms with van der Waals surface area (Å²) in [7, 11) is 0. The van der Waals surface area contributed by atoms with Gasteiger partial charge in [0.15, 0.2) is 17.5 Å². The van der Waals surface area contributed by atoms with E-state index >= 15 is 0 Å². The summed E-state index contributed by atoms with van der Waals surface area (Å²) in [4.78, 5) is 24.6. The second-order valence-corrected chi connectivity index (χ2v) is 11.8. The number of rotatable bonds is 5. The van der Waals surface area contributed by atoms with Crippen LogP contribution in [0.5, 0.6) is 0 Å². The first-order valence-electron chi connectivity index (χ1n) is 15.9. The smallest absolute Gasteiger partial charge is 0.164 e. The van der Waals surface area contributed by atoms with E-state index < -0.39 is 0 Å². The number of hydrogen-bond acceptors (Lipinski definition) is 5. The van der Waals surface area contributed by atoms with E-state index in [0.717, 1.165) is 71.7 Å². The largest absolute Gasteiger partial charge is 0.254 e. The van der Waals surface area contributed by atoms with E-state index in [2.05, 4.69) is 84.9 Å². The standard InChI is InChI=1S/C43H27N5/c1-3-12-28(13-4-1)41-46-42(29-14-5-2-6-15-29)48-43(47-41)34-20-10-18-31(25-34)30-17-9-19-32(24-30)37-27-35-26-33-16-7-8-22-38(33)45-39(35)40-36(37)21-11-23-44-40/h1-27H. The van der Waals surface area contributed by atoms with Crippen LogP contribution in [0, 0.1) is 0 Å². The number of para-hydroxylation sites is 1. The average Bonchev–Trinajstić information content (AvgIpc) is 3.17. The van der Waals surface area contributed by atoms with Crippen LogP contribution < -0.4 is 0 Å². The predicted octanol–water partition coefficient (Wildman–Crippen LogP) is 10.5. The van der Waals surface area contributed by atoms with Crippen LogP contribution in [0.3, 0.4) is 0 Å². The number of aromatic nitrogens is 5. The first kappa shape index (κ1) is 27.7. The molecule has 5 heteroatoms. The summed E-state index contributed by atoms with van der Waals surface area (Å²) in [5, 5.41) is 3.26. The Hall–Kier alpha value is -6.59. The van der Waals surface area contributed by atoms with Gasteiger partial charge in [0, 0.05) is 39.0 Å². The van der Waals surface area contributed by atoms with Crippen molar-refractivity contribution in [3.8, 4) is 56.4 Å². The second-order valence-electron chi connectivity index (χ2n) is 11.8. The van der Waals surface area contributed by atoms with Crippen LogP contribution in [0.2, 0.25) is 0 Å². The molecule has 0 bridgehead atoms. The number of hydrogen-bond donors (Lipinski definition) is 0. The maximum Gasteiger partial charge on any atom is 0.164 e. The highest BCUT2D eigenvalue weighted by molar-refractivity contribution is 6.12. The average molecular weight is 614 g/mol. The normalized spacial score (nSPS) is 11.3. The number of pyridine rings is 2. The van der Waals surface area contributed by atoms with Crippen LogP contribution >= 0.6 is 0 Å². The van der Waals surface area contributed by atoms with Crippen molar-refractivity contribution in [2.24, 2.45) is 0 Å². The summed E-state index contributed by atoms with van der Waals surface area (Å²) in [6, 6.07) is 54.0. The van der Waals surface area contributed by atoms with Crippen LogP contribution in [0.25, 0.3) is 89.1 Å². The second kappa shape index (κ2) is 11.6.